The molecule has 0 bridgehead atoms. The van der Waals surface area contributed by atoms with Gasteiger partial charge in [0, 0.05) is 31.3 Å². The molecule has 1 amide bonds. The highest BCUT2D eigenvalue weighted by Crippen LogP contribution is 2.43. The third-order valence-electron chi connectivity index (χ3n) is 5.86. The Hall–Kier alpha value is -1.91. The predicted molar refractivity (Wildman–Crippen MR) is 102 cm³/mol. The second kappa shape index (κ2) is 7.37. The molecule has 3 aliphatic rings. The van der Waals surface area contributed by atoms with Crippen molar-refractivity contribution in [2.45, 2.75) is 50.8 Å². The molecule has 2 saturated heterocycles. The van der Waals surface area contributed by atoms with Crippen LogP contribution in [0.1, 0.15) is 38.2 Å². The summed E-state index contributed by atoms with van der Waals surface area (Å²) in [6, 6.07) is 10.7. The lowest BCUT2D eigenvalue weighted by atomic mass is 9.77. The smallest absolute Gasteiger partial charge is 0.257 e. The van der Waals surface area contributed by atoms with Gasteiger partial charge >= 0.3 is 0 Å². The summed E-state index contributed by atoms with van der Waals surface area (Å²) in [5.41, 5.74) is 1.57. The Morgan fingerprint density at radius 2 is 2.12 bits per heavy atom. The lowest BCUT2D eigenvalue weighted by Gasteiger charge is -2.40. The normalized spacial score (nSPS) is 33.0. The van der Waals surface area contributed by atoms with E-state index in [0.29, 0.717) is 12.5 Å². The first-order valence-corrected chi connectivity index (χ1v) is 9.84. The van der Waals surface area contributed by atoms with Crippen LogP contribution < -0.4 is 10.6 Å². The zero-order chi connectivity index (χ0) is 18.0. The number of hydrogen-bond acceptors (Lipinski definition) is 3. The van der Waals surface area contributed by atoms with Crippen LogP contribution in [0.3, 0.4) is 0 Å². The Balaban J connectivity index is 1.47. The van der Waals surface area contributed by atoms with Gasteiger partial charge < -0.3 is 15.4 Å². The van der Waals surface area contributed by atoms with Gasteiger partial charge in [0.05, 0.1) is 5.92 Å². The van der Waals surface area contributed by atoms with E-state index in [0.717, 1.165) is 37.9 Å². The molecule has 2 aliphatic heterocycles. The molecule has 4 nitrogen and oxygen atoms in total. The molecule has 1 spiro atoms. The van der Waals surface area contributed by atoms with E-state index in [1.807, 2.05) is 6.07 Å². The van der Waals surface area contributed by atoms with Crippen LogP contribution in [-0.2, 0) is 16.1 Å². The molecule has 0 aromatic heterocycles. The van der Waals surface area contributed by atoms with E-state index < -0.39 is 5.60 Å². The second-order valence-electron chi connectivity index (χ2n) is 7.69. The molecule has 4 heteroatoms. The molecule has 26 heavy (non-hydrogen) atoms. The van der Waals surface area contributed by atoms with Crippen LogP contribution in [0.15, 0.2) is 54.3 Å². The van der Waals surface area contributed by atoms with Gasteiger partial charge in [-0.25, -0.2) is 0 Å². The molecule has 1 aromatic rings. The van der Waals surface area contributed by atoms with Crippen molar-refractivity contribution in [1.82, 2.24) is 10.6 Å². The van der Waals surface area contributed by atoms with Crippen LogP contribution >= 0.6 is 0 Å². The summed E-state index contributed by atoms with van der Waals surface area (Å²) >= 11 is 0. The number of carbonyl (C=O) groups excluding carboxylic acids is 1. The van der Waals surface area contributed by atoms with Crippen molar-refractivity contribution in [3.63, 3.8) is 0 Å². The zero-order valence-corrected chi connectivity index (χ0v) is 15.4. The summed E-state index contributed by atoms with van der Waals surface area (Å²) in [5, 5.41) is 6.75. The van der Waals surface area contributed by atoms with Crippen molar-refractivity contribution in [3.8, 4) is 0 Å². The molecule has 4 rings (SSSR count). The second-order valence-corrected chi connectivity index (χ2v) is 7.69. The molecule has 1 aliphatic carbocycles. The van der Waals surface area contributed by atoms with Crippen molar-refractivity contribution >= 4 is 5.91 Å². The lowest BCUT2D eigenvalue weighted by molar-refractivity contribution is -0.153. The topological polar surface area (TPSA) is 50.4 Å². The summed E-state index contributed by atoms with van der Waals surface area (Å²) in [6.07, 6.45) is 10.6. The van der Waals surface area contributed by atoms with Crippen LogP contribution in [0.4, 0.5) is 0 Å². The molecule has 0 saturated carbocycles. The minimum Gasteiger partial charge on any atom is -0.364 e. The molecule has 1 aromatic carbocycles. The fourth-order valence-electron chi connectivity index (χ4n) is 4.48. The highest BCUT2D eigenvalue weighted by atomic mass is 16.5. The van der Waals surface area contributed by atoms with E-state index in [1.54, 1.807) is 0 Å². The standard InChI is InChI=1S/C22H28N2O2/c1-2-6-16-9-10-19-20(13-16)24-21(25)22(19)14-18(11-12-26-22)23-15-17-7-4-3-5-8-17/h3-5,7-10,13,16,18-19,23H,2,6,11-12,14-15H2,1H3,(H,24,25)/t16?,18-,19?,22+/m1/s1. The third kappa shape index (κ3) is 3.24. The van der Waals surface area contributed by atoms with Crippen LogP contribution in [0.2, 0.25) is 0 Å². The van der Waals surface area contributed by atoms with E-state index in [9.17, 15) is 4.79 Å². The Kier molecular flexibility index (Phi) is 4.96. The van der Waals surface area contributed by atoms with Gasteiger partial charge in [-0.3, -0.25) is 4.79 Å². The van der Waals surface area contributed by atoms with Gasteiger partial charge in [0.15, 0.2) is 5.60 Å². The molecular formula is C22H28N2O2. The number of fused-ring (bicyclic) bond motifs is 2. The summed E-state index contributed by atoms with van der Waals surface area (Å²) in [7, 11) is 0. The van der Waals surface area contributed by atoms with Gasteiger partial charge in [0.1, 0.15) is 0 Å². The fraction of sp³-hybridized carbons (Fsp3) is 0.500. The highest BCUT2D eigenvalue weighted by molar-refractivity contribution is 5.92. The van der Waals surface area contributed by atoms with E-state index in [4.69, 9.17) is 4.74 Å². The Morgan fingerprint density at radius 3 is 2.92 bits per heavy atom. The van der Waals surface area contributed by atoms with Crippen molar-refractivity contribution in [3.05, 3.63) is 59.8 Å². The molecule has 0 radical (unpaired) electrons. The fourth-order valence-corrected chi connectivity index (χ4v) is 4.48. The number of carbonyl (C=O) groups is 1. The summed E-state index contributed by atoms with van der Waals surface area (Å²) < 4.78 is 6.14. The van der Waals surface area contributed by atoms with Crippen LogP contribution in [-0.4, -0.2) is 24.2 Å². The zero-order valence-electron chi connectivity index (χ0n) is 15.4. The number of benzene rings is 1. The maximum Gasteiger partial charge on any atom is 0.257 e. The summed E-state index contributed by atoms with van der Waals surface area (Å²) in [5.74, 6) is 0.489. The van der Waals surface area contributed by atoms with Gasteiger partial charge in [-0.05, 0) is 24.3 Å². The Bertz CT molecular complexity index is 712. The first kappa shape index (κ1) is 17.5. The average Bonchev–Trinajstić information content (AvgIpc) is 2.92. The molecule has 2 fully saturated rings. The molecule has 2 unspecified atom stereocenters. The average molecular weight is 352 g/mol. The first-order valence-electron chi connectivity index (χ1n) is 9.84. The largest absolute Gasteiger partial charge is 0.364 e. The Morgan fingerprint density at radius 1 is 1.27 bits per heavy atom. The van der Waals surface area contributed by atoms with E-state index >= 15 is 0 Å². The molecule has 4 atom stereocenters. The number of nitrogens with one attached hydrogen (secondary N) is 2. The quantitative estimate of drug-likeness (QED) is 0.800. The summed E-state index contributed by atoms with van der Waals surface area (Å²) in [4.78, 5) is 12.9. The van der Waals surface area contributed by atoms with E-state index in [-0.39, 0.29) is 17.9 Å². The van der Waals surface area contributed by atoms with Crippen LogP contribution in [0.5, 0.6) is 0 Å². The predicted octanol–water partition coefficient (Wildman–Crippen LogP) is 3.31. The lowest BCUT2D eigenvalue weighted by Crippen LogP contribution is -2.53. The van der Waals surface area contributed by atoms with Crippen molar-refractivity contribution in [2.24, 2.45) is 11.8 Å². The van der Waals surface area contributed by atoms with Crippen molar-refractivity contribution in [1.29, 1.82) is 0 Å². The highest BCUT2D eigenvalue weighted by Gasteiger charge is 2.56. The number of amides is 1. The van der Waals surface area contributed by atoms with Gasteiger partial charge in [0.25, 0.3) is 5.91 Å². The summed E-state index contributed by atoms with van der Waals surface area (Å²) in [6.45, 7) is 3.64. The number of ether oxygens (including phenoxy) is 1. The SMILES string of the molecule is CCCC1C=CC2C(=C1)NC(=O)[C@]21C[C@H](NCc2ccccc2)CCO1. The van der Waals surface area contributed by atoms with Crippen LogP contribution in [0.25, 0.3) is 0 Å². The number of hydrogen-bond donors (Lipinski definition) is 2. The molecule has 138 valence electrons. The minimum atomic E-state index is -0.744. The third-order valence-corrected chi connectivity index (χ3v) is 5.86. The van der Waals surface area contributed by atoms with Gasteiger partial charge in [-0.1, -0.05) is 61.9 Å². The Labute approximate surface area is 155 Å². The van der Waals surface area contributed by atoms with Crippen molar-refractivity contribution < 1.29 is 9.53 Å². The minimum absolute atomic E-state index is 0.0294. The maximum absolute atomic E-state index is 12.9. The maximum atomic E-state index is 12.9. The van der Waals surface area contributed by atoms with E-state index in [2.05, 4.69) is 60.1 Å². The molecule has 2 N–H and O–H groups in total. The van der Waals surface area contributed by atoms with Gasteiger partial charge in [-0.15, -0.1) is 0 Å². The molecule has 2 heterocycles. The number of allylic oxidation sites excluding steroid dienone is 2. The van der Waals surface area contributed by atoms with Crippen LogP contribution in [0, 0.1) is 11.8 Å². The monoisotopic (exact) mass is 352 g/mol. The number of rotatable bonds is 5. The van der Waals surface area contributed by atoms with Gasteiger partial charge in [0.2, 0.25) is 0 Å². The van der Waals surface area contributed by atoms with E-state index in [1.165, 1.54) is 5.56 Å². The molecular weight excluding hydrogens is 324 g/mol. The van der Waals surface area contributed by atoms with Crippen molar-refractivity contribution in [2.75, 3.05) is 6.61 Å². The first-order chi connectivity index (χ1) is 12.7. The van der Waals surface area contributed by atoms with Gasteiger partial charge in [-0.2, -0.15) is 0 Å².